The summed E-state index contributed by atoms with van der Waals surface area (Å²) in [6.45, 7) is 3.82. The van der Waals surface area contributed by atoms with Crippen LogP contribution in [0.4, 0.5) is 14.5 Å². The topological polar surface area (TPSA) is 103 Å². The van der Waals surface area contributed by atoms with Gasteiger partial charge < -0.3 is 24.9 Å². The summed E-state index contributed by atoms with van der Waals surface area (Å²) < 4.78 is 27.9. The molecule has 3 aromatic rings. The normalized spacial score (nSPS) is 21.2. The summed E-state index contributed by atoms with van der Waals surface area (Å²) >= 11 is 0. The van der Waals surface area contributed by atoms with Crippen LogP contribution in [0.25, 0.3) is 10.9 Å². The summed E-state index contributed by atoms with van der Waals surface area (Å²) in [6, 6.07) is 8.54. The minimum atomic E-state index is -1.05. The predicted molar refractivity (Wildman–Crippen MR) is 136 cm³/mol. The van der Waals surface area contributed by atoms with Crippen molar-refractivity contribution < 1.29 is 28.0 Å². The number of aromatic nitrogens is 1. The Morgan fingerprint density at radius 3 is 2.66 bits per heavy atom. The van der Waals surface area contributed by atoms with Gasteiger partial charge in [-0.15, -0.1) is 0 Å². The Balaban J connectivity index is 1.46. The molecule has 3 heterocycles. The molecule has 1 saturated heterocycles. The van der Waals surface area contributed by atoms with Crippen molar-refractivity contribution in [2.75, 3.05) is 18.9 Å². The molecule has 0 bridgehead atoms. The lowest BCUT2D eigenvalue weighted by molar-refractivity contribution is -0.139. The Morgan fingerprint density at radius 2 is 1.95 bits per heavy atom. The number of likely N-dealkylation sites (tertiary alicyclic amines) is 1. The van der Waals surface area contributed by atoms with Crippen molar-refractivity contribution in [1.29, 1.82) is 0 Å². The second-order valence-corrected chi connectivity index (χ2v) is 10.5. The van der Waals surface area contributed by atoms with Crippen LogP contribution >= 0.6 is 0 Å². The third kappa shape index (κ3) is 4.04. The molecule has 8 nitrogen and oxygen atoms in total. The van der Waals surface area contributed by atoms with E-state index in [2.05, 4.69) is 10.3 Å². The predicted octanol–water partition coefficient (Wildman–Crippen LogP) is 3.62. The molecular weight excluding hydrogens is 494 g/mol. The van der Waals surface area contributed by atoms with Gasteiger partial charge in [0.15, 0.2) is 0 Å². The molecule has 10 heteroatoms. The van der Waals surface area contributed by atoms with E-state index >= 15 is 0 Å². The fourth-order valence-corrected chi connectivity index (χ4v) is 5.71. The fraction of sp³-hybridized carbons (Fsp3) is 0.357. The second kappa shape index (κ2) is 9.34. The number of aldehydes is 1. The molecule has 0 aliphatic carbocycles. The van der Waals surface area contributed by atoms with Gasteiger partial charge in [0.05, 0.1) is 17.0 Å². The van der Waals surface area contributed by atoms with E-state index in [0.29, 0.717) is 18.4 Å². The first-order valence-electron chi connectivity index (χ1n) is 12.5. The smallest absolute Gasteiger partial charge is 0.270 e. The van der Waals surface area contributed by atoms with Gasteiger partial charge in [0.2, 0.25) is 11.8 Å². The van der Waals surface area contributed by atoms with Crippen LogP contribution in [0.5, 0.6) is 0 Å². The molecule has 0 unspecified atom stereocenters. The van der Waals surface area contributed by atoms with Gasteiger partial charge in [0.25, 0.3) is 5.91 Å². The van der Waals surface area contributed by atoms with E-state index in [1.54, 1.807) is 12.1 Å². The summed E-state index contributed by atoms with van der Waals surface area (Å²) in [6.07, 6.45) is 1.11. The first-order valence-corrected chi connectivity index (χ1v) is 12.5. The number of nitrogens with zero attached hydrogens (tertiary/aromatic N) is 2. The van der Waals surface area contributed by atoms with Gasteiger partial charge in [-0.1, -0.05) is 32.0 Å². The SMILES string of the molecule is CC(C)C[C@@H](C(=O)N1C[C@]2(C[C@H]1C=O)C(=O)Nc1ccccc12)N(C)C(=O)c1cc2c(F)cc(F)cc2[nH]1. The molecule has 2 aliphatic rings. The van der Waals surface area contributed by atoms with Crippen LogP contribution in [0.3, 0.4) is 0 Å². The Labute approximate surface area is 218 Å². The number of hydrogen-bond acceptors (Lipinski definition) is 4. The van der Waals surface area contributed by atoms with Crippen molar-refractivity contribution in [3.8, 4) is 0 Å². The quantitative estimate of drug-likeness (QED) is 0.483. The zero-order valence-corrected chi connectivity index (χ0v) is 21.3. The molecule has 0 saturated carbocycles. The molecule has 5 rings (SSSR count). The third-order valence-corrected chi connectivity index (χ3v) is 7.61. The zero-order valence-electron chi connectivity index (χ0n) is 21.3. The number of halogens is 2. The van der Waals surface area contributed by atoms with Crippen LogP contribution in [0.15, 0.2) is 42.5 Å². The van der Waals surface area contributed by atoms with Crippen molar-refractivity contribution in [3.05, 3.63) is 65.4 Å². The average molecular weight is 523 g/mol. The highest BCUT2D eigenvalue weighted by Gasteiger charge is 2.56. The fourth-order valence-electron chi connectivity index (χ4n) is 5.71. The molecular formula is C28H28F2N4O4. The molecule has 3 atom stereocenters. The van der Waals surface area contributed by atoms with Gasteiger partial charge in [0.1, 0.15) is 29.7 Å². The number of carbonyl (C=O) groups excluding carboxylic acids is 4. The average Bonchev–Trinajstić information content (AvgIpc) is 3.56. The molecule has 1 fully saturated rings. The van der Waals surface area contributed by atoms with E-state index in [1.807, 2.05) is 26.0 Å². The Kier molecular flexibility index (Phi) is 6.28. The van der Waals surface area contributed by atoms with E-state index in [1.165, 1.54) is 22.9 Å². The summed E-state index contributed by atoms with van der Waals surface area (Å²) in [5.74, 6) is -2.88. The van der Waals surface area contributed by atoms with Gasteiger partial charge in [-0.05, 0) is 42.5 Å². The number of anilines is 1. The van der Waals surface area contributed by atoms with Crippen molar-refractivity contribution in [2.24, 2.45) is 5.92 Å². The molecule has 2 aromatic carbocycles. The molecule has 0 radical (unpaired) electrons. The monoisotopic (exact) mass is 522 g/mol. The number of para-hydroxylation sites is 1. The van der Waals surface area contributed by atoms with E-state index in [-0.39, 0.29) is 41.4 Å². The van der Waals surface area contributed by atoms with Crippen molar-refractivity contribution in [2.45, 2.75) is 44.2 Å². The van der Waals surface area contributed by atoms with Gasteiger partial charge in [0, 0.05) is 30.7 Å². The first kappa shape index (κ1) is 25.6. The highest BCUT2D eigenvalue weighted by Crippen LogP contribution is 2.46. The first-order chi connectivity index (χ1) is 18.1. The summed E-state index contributed by atoms with van der Waals surface area (Å²) in [5, 5.41) is 2.92. The number of carbonyl (C=O) groups is 4. The van der Waals surface area contributed by atoms with Crippen LogP contribution in [0, 0.1) is 17.6 Å². The highest BCUT2D eigenvalue weighted by molar-refractivity contribution is 6.08. The van der Waals surface area contributed by atoms with E-state index in [4.69, 9.17) is 0 Å². The third-order valence-electron chi connectivity index (χ3n) is 7.61. The largest absolute Gasteiger partial charge is 0.350 e. The number of benzene rings is 2. The summed E-state index contributed by atoms with van der Waals surface area (Å²) in [4.78, 5) is 58.1. The Morgan fingerprint density at radius 1 is 1.21 bits per heavy atom. The number of rotatable bonds is 6. The maximum Gasteiger partial charge on any atom is 0.270 e. The van der Waals surface area contributed by atoms with Gasteiger partial charge in [-0.25, -0.2) is 8.78 Å². The van der Waals surface area contributed by atoms with Crippen LogP contribution in [0.1, 0.15) is 42.7 Å². The lowest BCUT2D eigenvalue weighted by Gasteiger charge is -2.33. The van der Waals surface area contributed by atoms with E-state index in [9.17, 15) is 28.0 Å². The molecule has 2 N–H and O–H groups in total. The maximum atomic E-state index is 14.2. The molecule has 2 aliphatic heterocycles. The van der Waals surface area contributed by atoms with Crippen LogP contribution in [0.2, 0.25) is 0 Å². The molecule has 198 valence electrons. The Hall–Kier alpha value is -4.08. The second-order valence-electron chi connectivity index (χ2n) is 10.5. The molecule has 38 heavy (non-hydrogen) atoms. The van der Waals surface area contributed by atoms with E-state index in [0.717, 1.165) is 17.7 Å². The van der Waals surface area contributed by atoms with Crippen molar-refractivity contribution in [1.82, 2.24) is 14.8 Å². The van der Waals surface area contributed by atoms with Crippen LogP contribution < -0.4 is 5.32 Å². The number of fused-ring (bicyclic) bond motifs is 3. The number of H-pyrrole nitrogens is 1. The van der Waals surface area contributed by atoms with Gasteiger partial charge in [-0.2, -0.15) is 0 Å². The minimum Gasteiger partial charge on any atom is -0.350 e. The lowest BCUT2D eigenvalue weighted by Crippen LogP contribution is -2.52. The van der Waals surface area contributed by atoms with Crippen molar-refractivity contribution in [3.63, 3.8) is 0 Å². The van der Waals surface area contributed by atoms with Gasteiger partial charge in [-0.3, -0.25) is 14.4 Å². The van der Waals surface area contributed by atoms with Gasteiger partial charge >= 0.3 is 0 Å². The number of likely N-dealkylation sites (N-methyl/N-ethyl adjacent to an activating group) is 1. The van der Waals surface area contributed by atoms with Crippen molar-refractivity contribution >= 4 is 40.6 Å². The number of amides is 3. The number of hydrogen-bond donors (Lipinski definition) is 2. The van der Waals surface area contributed by atoms with Crippen LogP contribution in [-0.4, -0.2) is 64.5 Å². The highest BCUT2D eigenvalue weighted by atomic mass is 19.1. The summed E-state index contributed by atoms with van der Waals surface area (Å²) in [7, 11) is 1.47. The Bertz CT molecular complexity index is 1470. The molecule has 1 spiro atoms. The number of aromatic amines is 1. The van der Waals surface area contributed by atoms with E-state index < -0.39 is 40.9 Å². The number of nitrogens with one attached hydrogen (secondary N) is 2. The molecule has 1 aromatic heterocycles. The summed E-state index contributed by atoms with van der Waals surface area (Å²) in [5.41, 5.74) is 0.470. The standard InChI is InChI=1S/C28H28F2N4O4/c1-15(2)8-24(33(3)25(36)23-11-18-20(30)9-16(29)10-22(18)31-23)26(37)34-14-28(12-17(34)13-35)19-6-4-5-7-21(19)32-27(28)38/h4-7,9-11,13,15,17,24,31H,8,12,14H2,1-3H3,(H,32,38)/t17-,24-,28-/m0/s1. The maximum absolute atomic E-state index is 14.2. The van der Waals surface area contributed by atoms with Crippen LogP contribution in [-0.2, 0) is 19.8 Å². The lowest BCUT2D eigenvalue weighted by atomic mass is 9.80. The zero-order chi connectivity index (χ0) is 27.4. The minimum absolute atomic E-state index is 0.00230. The molecule has 3 amide bonds.